The van der Waals surface area contributed by atoms with Crippen LogP contribution >= 0.6 is 0 Å². The van der Waals surface area contributed by atoms with Crippen molar-refractivity contribution in [3.8, 4) is 0 Å². The highest BCUT2D eigenvalue weighted by atomic mass is 16.6. The van der Waals surface area contributed by atoms with E-state index in [4.69, 9.17) is 0 Å². The van der Waals surface area contributed by atoms with E-state index >= 15 is 0 Å². The first-order chi connectivity index (χ1) is 7.75. The van der Waals surface area contributed by atoms with E-state index in [-0.39, 0.29) is 5.69 Å². The van der Waals surface area contributed by atoms with Gasteiger partial charge < -0.3 is 4.98 Å². The fourth-order valence-electron chi connectivity index (χ4n) is 1.73. The maximum absolute atomic E-state index is 10.7. The van der Waals surface area contributed by atoms with E-state index in [1.807, 2.05) is 0 Å². The van der Waals surface area contributed by atoms with Crippen molar-refractivity contribution in [2.24, 2.45) is 0 Å². The lowest BCUT2D eigenvalue weighted by Gasteiger charge is -1.91. The van der Waals surface area contributed by atoms with Crippen LogP contribution in [0.5, 0.6) is 0 Å². The van der Waals surface area contributed by atoms with Gasteiger partial charge in [0.25, 0.3) is 5.69 Å². The van der Waals surface area contributed by atoms with Crippen LogP contribution in [0.1, 0.15) is 0 Å². The molecule has 0 unspecified atom stereocenters. The number of hydrogen-bond donors (Lipinski definition) is 1. The van der Waals surface area contributed by atoms with Gasteiger partial charge in [0, 0.05) is 23.0 Å². The molecule has 0 atom stereocenters. The van der Waals surface area contributed by atoms with Gasteiger partial charge in [0.05, 0.1) is 22.2 Å². The second-order valence-corrected chi connectivity index (χ2v) is 3.40. The molecule has 1 N–H and O–H groups in total. The van der Waals surface area contributed by atoms with Gasteiger partial charge >= 0.3 is 0 Å². The van der Waals surface area contributed by atoms with Crippen molar-refractivity contribution in [2.75, 3.05) is 0 Å². The van der Waals surface area contributed by atoms with Crippen LogP contribution in [0.3, 0.4) is 0 Å². The van der Waals surface area contributed by atoms with E-state index < -0.39 is 4.92 Å². The number of hydrogen-bond acceptors (Lipinski definition) is 4. The minimum Gasteiger partial charge on any atom is -0.352 e. The SMILES string of the molecule is O=[N+]([O-])c1ccc2[nH]c3cncnc3c2c1. The fraction of sp³-hybridized carbons (Fsp3) is 0. The molecule has 0 spiro atoms. The summed E-state index contributed by atoms with van der Waals surface area (Å²) in [6, 6.07) is 4.65. The molecule has 2 aromatic heterocycles. The van der Waals surface area contributed by atoms with E-state index in [9.17, 15) is 10.1 Å². The van der Waals surface area contributed by atoms with Gasteiger partial charge in [0.1, 0.15) is 6.33 Å². The van der Waals surface area contributed by atoms with Crippen LogP contribution in [0.4, 0.5) is 5.69 Å². The third kappa shape index (κ3) is 1.13. The Balaban J connectivity index is 2.44. The molecule has 0 aliphatic rings. The van der Waals surface area contributed by atoms with Gasteiger partial charge in [0.15, 0.2) is 0 Å². The lowest BCUT2D eigenvalue weighted by atomic mass is 10.2. The van der Waals surface area contributed by atoms with Gasteiger partial charge in [-0.3, -0.25) is 10.1 Å². The number of H-pyrrole nitrogens is 1. The number of aromatic nitrogens is 3. The number of fused-ring (bicyclic) bond motifs is 3. The van der Waals surface area contributed by atoms with Crippen molar-refractivity contribution in [3.63, 3.8) is 0 Å². The van der Waals surface area contributed by atoms with Gasteiger partial charge in [-0.15, -0.1) is 0 Å². The minimum absolute atomic E-state index is 0.0620. The Morgan fingerprint density at radius 1 is 1.31 bits per heavy atom. The number of non-ortho nitro benzene ring substituents is 1. The highest BCUT2D eigenvalue weighted by Crippen LogP contribution is 2.26. The molecule has 16 heavy (non-hydrogen) atoms. The topological polar surface area (TPSA) is 84.7 Å². The molecule has 2 heterocycles. The Bertz CT molecular complexity index is 704. The molecular formula is C10H6N4O2. The summed E-state index contributed by atoms with van der Waals surface area (Å²) in [4.78, 5) is 21.3. The third-order valence-electron chi connectivity index (χ3n) is 2.45. The van der Waals surface area contributed by atoms with Crippen LogP contribution in [0, 0.1) is 10.1 Å². The number of nitro benzene ring substituents is 1. The second kappa shape index (κ2) is 2.99. The van der Waals surface area contributed by atoms with Crippen molar-refractivity contribution in [3.05, 3.63) is 40.8 Å². The van der Waals surface area contributed by atoms with Crippen molar-refractivity contribution in [1.82, 2.24) is 15.0 Å². The molecule has 6 heteroatoms. The molecule has 0 radical (unpaired) electrons. The number of rotatable bonds is 1. The first-order valence-corrected chi connectivity index (χ1v) is 4.61. The standard InChI is InChI=1S/C10H6N4O2/c15-14(16)6-1-2-8-7(3-6)10-9(13-8)4-11-5-12-10/h1-5,13H. The zero-order chi connectivity index (χ0) is 11.1. The average molecular weight is 214 g/mol. The highest BCUT2D eigenvalue weighted by Gasteiger charge is 2.10. The summed E-state index contributed by atoms with van der Waals surface area (Å²) < 4.78 is 0. The summed E-state index contributed by atoms with van der Waals surface area (Å²) >= 11 is 0. The Kier molecular flexibility index (Phi) is 1.64. The quantitative estimate of drug-likeness (QED) is 0.496. The fourth-order valence-corrected chi connectivity index (χ4v) is 1.73. The number of nitrogens with zero attached hydrogens (tertiary/aromatic N) is 3. The summed E-state index contributed by atoms with van der Waals surface area (Å²) in [5.74, 6) is 0. The largest absolute Gasteiger partial charge is 0.352 e. The van der Waals surface area contributed by atoms with Crippen LogP contribution in [0.15, 0.2) is 30.7 Å². The molecule has 0 saturated heterocycles. The first kappa shape index (κ1) is 8.78. The average Bonchev–Trinajstić information content (AvgIpc) is 2.66. The molecule has 1 aromatic carbocycles. The summed E-state index contributed by atoms with van der Waals surface area (Å²) in [6.45, 7) is 0. The van der Waals surface area contributed by atoms with E-state index in [0.717, 1.165) is 16.4 Å². The Labute approximate surface area is 89.1 Å². The predicted molar refractivity (Wildman–Crippen MR) is 58.0 cm³/mol. The third-order valence-corrected chi connectivity index (χ3v) is 2.45. The van der Waals surface area contributed by atoms with Gasteiger partial charge in [-0.1, -0.05) is 0 Å². The predicted octanol–water partition coefficient (Wildman–Crippen LogP) is 2.02. The molecule has 6 nitrogen and oxygen atoms in total. The molecule has 78 valence electrons. The van der Waals surface area contributed by atoms with Gasteiger partial charge in [-0.25, -0.2) is 9.97 Å². The van der Waals surface area contributed by atoms with Crippen LogP contribution < -0.4 is 0 Å². The molecule has 3 aromatic rings. The molecule has 3 rings (SSSR count). The first-order valence-electron chi connectivity index (χ1n) is 4.61. The van der Waals surface area contributed by atoms with E-state index in [2.05, 4.69) is 15.0 Å². The van der Waals surface area contributed by atoms with Crippen molar-refractivity contribution >= 4 is 27.6 Å². The van der Waals surface area contributed by atoms with Crippen LogP contribution in [0.25, 0.3) is 21.9 Å². The van der Waals surface area contributed by atoms with E-state index in [1.165, 1.54) is 18.5 Å². The summed E-state index contributed by atoms with van der Waals surface area (Å²) in [7, 11) is 0. The monoisotopic (exact) mass is 214 g/mol. The number of aromatic amines is 1. The molecule has 0 saturated carbocycles. The maximum atomic E-state index is 10.7. The smallest absolute Gasteiger partial charge is 0.270 e. The maximum Gasteiger partial charge on any atom is 0.270 e. The van der Waals surface area contributed by atoms with E-state index in [0.29, 0.717) is 5.52 Å². The Morgan fingerprint density at radius 3 is 3.00 bits per heavy atom. The van der Waals surface area contributed by atoms with Crippen LogP contribution in [-0.4, -0.2) is 19.9 Å². The molecule has 0 fully saturated rings. The number of benzene rings is 1. The Hall–Kier alpha value is -2.50. The van der Waals surface area contributed by atoms with Gasteiger partial charge in [0.2, 0.25) is 0 Å². The zero-order valence-electron chi connectivity index (χ0n) is 8.04. The molecule has 0 aliphatic carbocycles. The summed E-state index contributed by atoms with van der Waals surface area (Å²) in [5.41, 5.74) is 2.36. The zero-order valence-corrected chi connectivity index (χ0v) is 8.04. The molecule has 0 bridgehead atoms. The molecule has 0 aliphatic heterocycles. The second-order valence-electron chi connectivity index (χ2n) is 3.40. The van der Waals surface area contributed by atoms with Gasteiger partial charge in [-0.05, 0) is 6.07 Å². The number of nitro groups is 1. The van der Waals surface area contributed by atoms with Gasteiger partial charge in [-0.2, -0.15) is 0 Å². The Morgan fingerprint density at radius 2 is 2.19 bits per heavy atom. The van der Waals surface area contributed by atoms with E-state index in [1.54, 1.807) is 12.3 Å². The van der Waals surface area contributed by atoms with Crippen molar-refractivity contribution in [1.29, 1.82) is 0 Å². The molecule has 0 amide bonds. The van der Waals surface area contributed by atoms with Crippen LogP contribution in [-0.2, 0) is 0 Å². The minimum atomic E-state index is -0.417. The summed E-state index contributed by atoms with van der Waals surface area (Å²) in [6.07, 6.45) is 3.07. The normalized spacial score (nSPS) is 11.0. The lowest BCUT2D eigenvalue weighted by Crippen LogP contribution is -1.86. The molecular weight excluding hydrogens is 208 g/mol. The highest BCUT2D eigenvalue weighted by molar-refractivity contribution is 6.05. The van der Waals surface area contributed by atoms with Crippen molar-refractivity contribution in [2.45, 2.75) is 0 Å². The van der Waals surface area contributed by atoms with Crippen LogP contribution in [0.2, 0.25) is 0 Å². The number of nitrogens with one attached hydrogen (secondary N) is 1. The van der Waals surface area contributed by atoms with Crippen molar-refractivity contribution < 1.29 is 4.92 Å². The lowest BCUT2D eigenvalue weighted by molar-refractivity contribution is -0.384. The summed E-state index contributed by atoms with van der Waals surface area (Å²) in [5, 5.41) is 11.4.